The molecular weight excluding hydrogens is 468 g/mol. The first-order valence-electron chi connectivity index (χ1n) is 7.57. The van der Waals surface area contributed by atoms with Gasteiger partial charge in [-0.1, -0.05) is 29.7 Å². The Balaban J connectivity index is 2.51. The first-order chi connectivity index (χ1) is 13.8. The predicted octanol–water partition coefficient (Wildman–Crippen LogP) is 5.20. The monoisotopic (exact) mass is 476 g/mol. The van der Waals surface area contributed by atoms with Gasteiger partial charge in [-0.15, -0.1) is 0 Å². The van der Waals surface area contributed by atoms with Gasteiger partial charge in [-0.05, 0) is 17.7 Å². The van der Waals surface area contributed by atoms with Gasteiger partial charge >= 0.3 is 42.2 Å². The average Bonchev–Trinajstić information content (AvgIpc) is 2.59. The van der Waals surface area contributed by atoms with E-state index in [0.717, 1.165) is 29.6 Å². The Hall–Kier alpha value is -2.49. The molecular formula is C15H8F12N2O2. The van der Waals surface area contributed by atoms with Gasteiger partial charge in [-0.3, -0.25) is 4.79 Å². The number of amides is 1. The number of rotatable bonds is 5. The lowest BCUT2D eigenvalue weighted by Gasteiger charge is -2.50. The highest BCUT2D eigenvalue weighted by Crippen LogP contribution is 2.60. The summed E-state index contributed by atoms with van der Waals surface area (Å²) in [5.41, 5.74) is -0.366. The van der Waals surface area contributed by atoms with Gasteiger partial charge in [0, 0.05) is 5.69 Å². The number of carbonyl (C=O) groups excluding carboxylic acids is 1. The van der Waals surface area contributed by atoms with Gasteiger partial charge < -0.3 is 5.32 Å². The number of alkyl halides is 12. The summed E-state index contributed by atoms with van der Waals surface area (Å²) in [6.45, 7) is 3.31. The van der Waals surface area contributed by atoms with E-state index in [1.165, 1.54) is 6.08 Å². The molecule has 0 atom stereocenters. The van der Waals surface area contributed by atoms with Crippen LogP contribution in [0.3, 0.4) is 0 Å². The van der Waals surface area contributed by atoms with Crippen LogP contribution < -0.4 is 5.32 Å². The van der Waals surface area contributed by atoms with Crippen molar-refractivity contribution in [1.29, 1.82) is 0 Å². The molecule has 0 aromatic heterocycles. The molecule has 31 heavy (non-hydrogen) atoms. The highest BCUT2D eigenvalue weighted by Gasteiger charge is 2.90. The van der Waals surface area contributed by atoms with Crippen molar-refractivity contribution in [2.75, 3.05) is 5.32 Å². The number of hydrogen-bond acceptors (Lipinski definition) is 3. The lowest BCUT2D eigenvalue weighted by Crippen LogP contribution is -2.80. The highest BCUT2D eigenvalue weighted by molar-refractivity contribution is 5.96. The van der Waals surface area contributed by atoms with Gasteiger partial charge in [0.25, 0.3) is 0 Å². The molecule has 0 spiro atoms. The van der Waals surface area contributed by atoms with Crippen molar-refractivity contribution in [2.45, 2.75) is 36.3 Å². The van der Waals surface area contributed by atoms with Crippen molar-refractivity contribution in [2.24, 2.45) is 0 Å². The first kappa shape index (κ1) is 24.8. The third kappa shape index (κ3) is 3.60. The van der Waals surface area contributed by atoms with E-state index in [0.29, 0.717) is 5.56 Å². The molecule has 16 heteroatoms. The van der Waals surface area contributed by atoms with E-state index in [-0.39, 0.29) is 0 Å². The summed E-state index contributed by atoms with van der Waals surface area (Å²) >= 11 is 0. The third-order valence-electron chi connectivity index (χ3n) is 3.87. The molecule has 1 aromatic carbocycles. The van der Waals surface area contributed by atoms with Crippen molar-refractivity contribution in [3.63, 3.8) is 0 Å². The molecule has 1 heterocycles. The quantitative estimate of drug-likeness (QED) is 0.470. The summed E-state index contributed by atoms with van der Waals surface area (Å²) in [5, 5.41) is 1.05. The van der Waals surface area contributed by atoms with Crippen LogP contribution in [0.15, 0.2) is 30.8 Å². The average molecular weight is 476 g/mol. The van der Waals surface area contributed by atoms with Crippen LogP contribution in [0.4, 0.5) is 58.4 Å². The number of ether oxygens (including phenoxy) is 1. The predicted molar refractivity (Wildman–Crippen MR) is 77.8 cm³/mol. The Morgan fingerprint density at radius 2 is 1.32 bits per heavy atom. The Bertz CT molecular complexity index is 843. The molecule has 2 rings (SSSR count). The van der Waals surface area contributed by atoms with Gasteiger partial charge in [0.2, 0.25) is 0 Å². The highest BCUT2D eigenvalue weighted by atomic mass is 19.4. The minimum absolute atomic E-state index is 0.326. The van der Waals surface area contributed by atoms with Crippen molar-refractivity contribution in [3.8, 4) is 0 Å². The molecule has 1 fully saturated rings. The van der Waals surface area contributed by atoms with E-state index in [1.807, 2.05) is 4.74 Å². The number of nitrogens with one attached hydrogen (secondary N) is 1. The first-order valence-corrected chi connectivity index (χ1v) is 7.57. The van der Waals surface area contributed by atoms with Crippen LogP contribution in [0, 0.1) is 0 Å². The molecule has 1 N–H and O–H groups in total. The number of hydrogen-bond donors (Lipinski definition) is 1. The zero-order chi connectivity index (χ0) is 24.3. The topological polar surface area (TPSA) is 41.6 Å². The molecule has 1 aliphatic rings. The fraction of sp³-hybridized carbons (Fsp3) is 0.400. The van der Waals surface area contributed by atoms with Crippen LogP contribution in [-0.4, -0.2) is 47.1 Å². The van der Waals surface area contributed by atoms with Gasteiger partial charge in [-0.2, -0.15) is 52.7 Å². The second-order valence-electron chi connectivity index (χ2n) is 5.95. The van der Waals surface area contributed by atoms with E-state index in [4.69, 9.17) is 0 Å². The minimum Gasteiger partial charge on any atom is -0.321 e. The van der Waals surface area contributed by atoms with E-state index in [1.54, 1.807) is 0 Å². The lowest BCUT2D eigenvalue weighted by atomic mass is 10.1. The second-order valence-corrected chi connectivity index (χ2v) is 5.95. The summed E-state index contributed by atoms with van der Waals surface area (Å²) < 4.78 is 165. The zero-order valence-electron chi connectivity index (χ0n) is 14.4. The van der Waals surface area contributed by atoms with Crippen LogP contribution in [0.25, 0.3) is 6.08 Å². The normalized spacial score (nSPS) is 22.6. The molecule has 1 aromatic rings. The number of halogens is 12. The molecule has 0 saturated carbocycles. The Morgan fingerprint density at radius 3 is 1.71 bits per heavy atom. The van der Waals surface area contributed by atoms with Gasteiger partial charge in [0.05, 0.1) is 0 Å². The Kier molecular flexibility index (Phi) is 5.60. The molecule has 1 saturated heterocycles. The molecule has 0 bridgehead atoms. The van der Waals surface area contributed by atoms with E-state index in [9.17, 15) is 57.5 Å². The minimum atomic E-state index is -7.28. The largest absolute Gasteiger partial charge is 0.439 e. The van der Waals surface area contributed by atoms with E-state index >= 15 is 0 Å². The number of nitrogens with zero attached hydrogens (tertiary/aromatic N) is 1. The summed E-state index contributed by atoms with van der Waals surface area (Å²) in [6, 6.07) is -17.7. The second kappa shape index (κ2) is 7.01. The number of morpholine rings is 1. The number of carbonyl (C=O) groups is 1. The summed E-state index contributed by atoms with van der Waals surface area (Å²) in [4.78, 5) is 7.81. The van der Waals surface area contributed by atoms with Crippen LogP contribution in [0.1, 0.15) is 5.56 Å². The maximum Gasteiger partial charge on any atom is 0.439 e. The molecule has 0 radical (unpaired) electrons. The number of anilines is 1. The van der Waals surface area contributed by atoms with Crippen molar-refractivity contribution in [3.05, 3.63) is 36.4 Å². The molecule has 174 valence electrons. The summed E-state index contributed by atoms with van der Waals surface area (Å²) in [6.07, 6.45) is -12.3. The van der Waals surface area contributed by atoms with Crippen LogP contribution >= 0.6 is 0 Å². The maximum absolute atomic E-state index is 14.1. The van der Waals surface area contributed by atoms with E-state index in [2.05, 4.69) is 6.58 Å². The number of benzene rings is 1. The van der Waals surface area contributed by atoms with Crippen molar-refractivity contribution in [1.82, 2.24) is 4.90 Å². The van der Waals surface area contributed by atoms with Crippen molar-refractivity contribution < 1.29 is 62.2 Å². The van der Waals surface area contributed by atoms with Crippen LogP contribution in [0.5, 0.6) is 0 Å². The fourth-order valence-electron chi connectivity index (χ4n) is 2.26. The summed E-state index contributed by atoms with van der Waals surface area (Å²) in [5.74, 6) is -9.89. The van der Waals surface area contributed by atoms with Gasteiger partial charge in [0.15, 0.2) is 0 Å². The standard InChI is InChI=1S/C15H8F12N2O2/c1-2-7-3-5-8(6-4-7)28-9(30)10(16,17)11(18,19)29-12(20,21)14(24,25)31-15(26,27)13(29,22)23/h2-6H,1H2,(H,28,30). The fourth-order valence-corrected chi connectivity index (χ4v) is 2.26. The smallest absolute Gasteiger partial charge is 0.321 e. The summed E-state index contributed by atoms with van der Waals surface area (Å²) in [7, 11) is 0. The maximum atomic E-state index is 14.1. The van der Waals surface area contributed by atoms with E-state index < -0.39 is 52.8 Å². The van der Waals surface area contributed by atoms with Crippen molar-refractivity contribution >= 4 is 17.7 Å². The Labute approximate surface area is 164 Å². The Morgan fingerprint density at radius 1 is 0.903 bits per heavy atom. The van der Waals surface area contributed by atoms with Gasteiger partial charge in [-0.25, -0.2) is 4.74 Å². The molecule has 0 unspecified atom stereocenters. The van der Waals surface area contributed by atoms with Crippen LogP contribution in [0.2, 0.25) is 0 Å². The molecule has 1 aliphatic heterocycles. The SMILES string of the molecule is C=Cc1ccc(NC(=O)C(F)(F)C(F)(F)N2C(F)(F)C(F)(F)OC(F)(F)C2(F)F)cc1. The molecule has 4 nitrogen and oxygen atoms in total. The molecule has 0 aliphatic carbocycles. The third-order valence-corrected chi connectivity index (χ3v) is 3.87. The van der Waals surface area contributed by atoms with Gasteiger partial charge in [0.1, 0.15) is 0 Å². The zero-order valence-corrected chi connectivity index (χ0v) is 14.4. The van der Waals surface area contributed by atoms with Crippen LogP contribution in [-0.2, 0) is 9.53 Å². The molecule has 1 amide bonds. The lowest BCUT2D eigenvalue weighted by molar-refractivity contribution is -0.591.